The number of hydrogen-bond donors (Lipinski definition) is 0. The molecular weight excluding hydrogens is 279 g/mol. The van der Waals surface area contributed by atoms with Crippen LogP contribution in [0.15, 0.2) is 0 Å². The lowest BCUT2D eigenvalue weighted by Gasteiger charge is -2.10. The van der Waals surface area contributed by atoms with Gasteiger partial charge in [-0.15, -0.1) is 10.2 Å². The number of nitriles is 1. The molecule has 0 aliphatic rings. The molecule has 2 rings (SSSR count). The maximum absolute atomic E-state index is 9.55. The van der Waals surface area contributed by atoms with Crippen LogP contribution in [0.3, 0.4) is 0 Å². The van der Waals surface area contributed by atoms with Crippen LogP contribution in [-0.2, 0) is 11.7 Å². The summed E-state index contributed by atoms with van der Waals surface area (Å²) in [5.74, 6) is 0.641. The Morgan fingerprint density at radius 2 is 1.86 bits per heavy atom. The molecule has 0 spiro atoms. The van der Waals surface area contributed by atoms with E-state index in [1.165, 1.54) is 0 Å². The molecule has 0 atom stereocenters. The highest BCUT2D eigenvalue weighted by atomic mass is 16.4. The van der Waals surface area contributed by atoms with E-state index in [4.69, 9.17) is 12.7 Å². The number of aryl methyl sites for hydroxylation is 3. The van der Waals surface area contributed by atoms with Gasteiger partial charge in [-0.3, -0.25) is 4.68 Å². The van der Waals surface area contributed by atoms with E-state index in [0.29, 0.717) is 22.9 Å². The largest absolute Gasteiger partial charge is 0.565 e. The zero-order valence-corrected chi connectivity index (χ0v) is 13.2. The maximum Gasteiger partial charge on any atom is 0.374 e. The van der Waals surface area contributed by atoms with Crippen molar-refractivity contribution in [2.24, 2.45) is 7.05 Å². The number of aromatic nitrogens is 5. The van der Waals surface area contributed by atoms with Crippen LogP contribution in [0.2, 0.25) is 0 Å². The molecule has 7 nitrogen and oxygen atoms in total. The molecule has 2 aromatic rings. The summed E-state index contributed by atoms with van der Waals surface area (Å²) >= 11 is 0. The van der Waals surface area contributed by atoms with Crippen LogP contribution >= 0.6 is 0 Å². The van der Waals surface area contributed by atoms with Gasteiger partial charge < -0.3 is 4.65 Å². The third-order valence-electron chi connectivity index (χ3n) is 3.51. The molecule has 2 radical (unpaired) electrons. The second kappa shape index (κ2) is 5.97. The molecule has 0 amide bonds. The Hall–Kier alpha value is -2.69. The first-order valence-corrected chi connectivity index (χ1v) is 6.60. The Bertz CT molecular complexity index is 802. The van der Waals surface area contributed by atoms with Crippen molar-refractivity contribution >= 4 is 19.4 Å². The van der Waals surface area contributed by atoms with Crippen LogP contribution in [0, 0.1) is 39.0 Å². The van der Waals surface area contributed by atoms with Crippen molar-refractivity contribution in [3.8, 4) is 6.07 Å². The predicted octanol–water partition coefficient (Wildman–Crippen LogP) is 1.33. The van der Waals surface area contributed by atoms with Gasteiger partial charge in [0.15, 0.2) is 0 Å². The summed E-state index contributed by atoms with van der Waals surface area (Å²) in [6.45, 7) is 7.28. The average molecular weight is 294 g/mol. The average Bonchev–Trinajstić information content (AvgIpc) is 2.73. The van der Waals surface area contributed by atoms with E-state index < -0.39 is 0 Å². The highest BCUT2D eigenvalue weighted by Crippen LogP contribution is 2.28. The number of nitrogens with zero attached hydrogens (tertiary/aromatic N) is 6. The van der Waals surface area contributed by atoms with Crippen molar-refractivity contribution in [3.63, 3.8) is 0 Å². The number of allylic oxidation sites excluding steroid dienone is 1. The fraction of sp³-hybridized carbons (Fsp3) is 0.357. The van der Waals surface area contributed by atoms with Crippen molar-refractivity contribution < 1.29 is 4.65 Å². The first-order valence-electron chi connectivity index (χ1n) is 6.60. The molecule has 0 unspecified atom stereocenters. The molecule has 8 heteroatoms. The van der Waals surface area contributed by atoms with Crippen LogP contribution in [-0.4, -0.2) is 33.0 Å². The van der Waals surface area contributed by atoms with Crippen molar-refractivity contribution in [1.82, 2.24) is 25.0 Å². The van der Waals surface area contributed by atoms with Crippen LogP contribution in [0.5, 0.6) is 0 Å². The SMILES string of the molecule is [B]OC(=C(C#N)c1nn(C)c(C)c1C)c1nnc(C)nc1C. The Labute approximate surface area is 130 Å². The lowest BCUT2D eigenvalue weighted by atomic mass is 10.0. The van der Waals surface area contributed by atoms with Gasteiger partial charge in [-0.05, 0) is 33.3 Å². The molecule has 2 heterocycles. The molecule has 0 N–H and O–H groups in total. The molecule has 0 aliphatic carbocycles. The molecule has 22 heavy (non-hydrogen) atoms. The fourth-order valence-corrected chi connectivity index (χ4v) is 2.12. The minimum absolute atomic E-state index is 0.112. The summed E-state index contributed by atoms with van der Waals surface area (Å²) in [4.78, 5) is 4.22. The zero-order chi connectivity index (χ0) is 16.4. The van der Waals surface area contributed by atoms with Gasteiger partial charge in [0, 0.05) is 12.7 Å². The predicted molar refractivity (Wildman–Crippen MR) is 81.2 cm³/mol. The van der Waals surface area contributed by atoms with Crippen molar-refractivity contribution in [2.75, 3.05) is 0 Å². The minimum atomic E-state index is 0.112. The van der Waals surface area contributed by atoms with E-state index in [0.717, 1.165) is 11.3 Å². The van der Waals surface area contributed by atoms with Gasteiger partial charge in [0.05, 0.1) is 5.69 Å². The van der Waals surface area contributed by atoms with E-state index in [-0.39, 0.29) is 11.3 Å². The normalized spacial score (nSPS) is 11.8. The Morgan fingerprint density at radius 1 is 1.18 bits per heavy atom. The van der Waals surface area contributed by atoms with E-state index >= 15 is 0 Å². The second-order valence-electron chi connectivity index (χ2n) is 4.91. The third-order valence-corrected chi connectivity index (χ3v) is 3.51. The molecule has 0 bridgehead atoms. The van der Waals surface area contributed by atoms with Gasteiger partial charge in [-0.2, -0.15) is 10.4 Å². The minimum Gasteiger partial charge on any atom is -0.565 e. The van der Waals surface area contributed by atoms with E-state index in [2.05, 4.69) is 26.3 Å². The van der Waals surface area contributed by atoms with Crippen LogP contribution in [0.4, 0.5) is 0 Å². The summed E-state index contributed by atoms with van der Waals surface area (Å²) in [6.07, 6.45) is 0. The Kier molecular flexibility index (Phi) is 4.26. The van der Waals surface area contributed by atoms with Gasteiger partial charge in [-0.25, -0.2) is 4.98 Å². The standard InChI is InChI=1S/C14H15BN6O/c1-7-9(3)21(5)20-12(7)11(6-16)14(22-15)13-8(2)17-10(4)18-19-13/h1-5H3. The van der Waals surface area contributed by atoms with Crippen molar-refractivity contribution in [2.45, 2.75) is 27.7 Å². The van der Waals surface area contributed by atoms with Crippen LogP contribution in [0.25, 0.3) is 11.3 Å². The number of rotatable bonds is 3. The lowest BCUT2D eigenvalue weighted by molar-refractivity contribution is 0.565. The summed E-state index contributed by atoms with van der Waals surface area (Å²) < 4.78 is 6.63. The summed E-state index contributed by atoms with van der Waals surface area (Å²) in [6, 6.07) is 2.09. The number of hydrogen-bond acceptors (Lipinski definition) is 6. The molecule has 110 valence electrons. The molecule has 0 saturated carbocycles. The van der Waals surface area contributed by atoms with Gasteiger partial charge in [0.1, 0.15) is 34.6 Å². The van der Waals surface area contributed by atoms with Gasteiger partial charge in [-0.1, -0.05) is 0 Å². The Balaban J connectivity index is 2.74. The van der Waals surface area contributed by atoms with Crippen LogP contribution < -0.4 is 0 Å². The molecule has 0 saturated heterocycles. The van der Waals surface area contributed by atoms with Gasteiger partial charge in [0.25, 0.3) is 0 Å². The van der Waals surface area contributed by atoms with Gasteiger partial charge >= 0.3 is 8.05 Å². The third kappa shape index (κ3) is 2.57. The van der Waals surface area contributed by atoms with E-state index in [1.807, 2.05) is 20.9 Å². The Morgan fingerprint density at radius 3 is 2.32 bits per heavy atom. The van der Waals surface area contributed by atoms with Gasteiger partial charge in [0.2, 0.25) is 0 Å². The first-order chi connectivity index (χ1) is 10.4. The molecular formula is C14H15BN6O. The highest BCUT2D eigenvalue weighted by molar-refractivity contribution is 6.06. The lowest BCUT2D eigenvalue weighted by Crippen LogP contribution is -2.06. The summed E-state index contributed by atoms with van der Waals surface area (Å²) in [5, 5.41) is 21.8. The van der Waals surface area contributed by atoms with Crippen molar-refractivity contribution in [3.05, 3.63) is 34.2 Å². The smallest absolute Gasteiger partial charge is 0.374 e. The maximum atomic E-state index is 9.55. The monoisotopic (exact) mass is 294 g/mol. The summed E-state index contributed by atoms with van der Waals surface area (Å²) in [7, 11) is 7.19. The second-order valence-corrected chi connectivity index (χ2v) is 4.91. The van der Waals surface area contributed by atoms with Crippen molar-refractivity contribution in [1.29, 1.82) is 5.26 Å². The molecule has 0 fully saturated rings. The van der Waals surface area contributed by atoms with E-state index in [1.54, 1.807) is 18.5 Å². The topological polar surface area (TPSA) is 89.5 Å². The first kappa shape index (κ1) is 15.7. The molecule has 0 aliphatic heterocycles. The van der Waals surface area contributed by atoms with E-state index in [9.17, 15) is 5.26 Å². The highest BCUT2D eigenvalue weighted by Gasteiger charge is 2.21. The summed E-state index contributed by atoms with van der Waals surface area (Å²) in [5.41, 5.74) is 3.43. The zero-order valence-electron chi connectivity index (χ0n) is 13.2. The quantitative estimate of drug-likeness (QED) is 0.482. The van der Waals surface area contributed by atoms with Crippen LogP contribution in [0.1, 0.15) is 34.2 Å². The molecule has 0 aromatic carbocycles. The molecule has 2 aromatic heterocycles. The fourth-order valence-electron chi connectivity index (χ4n) is 2.12.